The van der Waals surface area contributed by atoms with Gasteiger partial charge in [-0.2, -0.15) is 0 Å². The van der Waals surface area contributed by atoms with Gasteiger partial charge < -0.3 is 10.5 Å². The Balaban J connectivity index is 2.20. The number of benzene rings is 1. The number of nitrogens with two attached hydrogens (primary N) is 1. The molecule has 1 aromatic carbocycles. The van der Waals surface area contributed by atoms with Crippen molar-refractivity contribution in [2.75, 3.05) is 18.1 Å². The first-order chi connectivity index (χ1) is 11.0. The maximum atomic E-state index is 6.19. The lowest BCUT2D eigenvalue weighted by molar-refractivity contribution is 0.0920. The zero-order valence-corrected chi connectivity index (χ0v) is 15.2. The second-order valence-corrected chi connectivity index (χ2v) is 6.84. The van der Waals surface area contributed by atoms with Crippen LogP contribution in [0.2, 0.25) is 5.02 Å². The Morgan fingerprint density at radius 2 is 1.91 bits per heavy atom. The largest absolute Gasteiger partial charge is 0.383 e. The minimum absolute atomic E-state index is 0.236. The van der Waals surface area contributed by atoms with Crippen molar-refractivity contribution in [3.05, 3.63) is 35.0 Å². The monoisotopic (exact) mass is 351 g/mol. The Bertz CT molecular complexity index is 647. The molecular formula is C17H22ClN3OS. The fourth-order valence-electron chi connectivity index (χ4n) is 2.17. The molecule has 1 aromatic heterocycles. The van der Waals surface area contributed by atoms with Crippen LogP contribution in [0.3, 0.4) is 0 Å². The standard InChI is InChI=1S/C17H22ClN3OS/c1-4-14-15(12-5-7-13(18)8-6-12)16(19)21-17(20-14)23-10-9-22-11(2)3/h5-8,11H,4,9-10H2,1-3H3,(H2,19,20,21). The summed E-state index contributed by atoms with van der Waals surface area (Å²) in [5.41, 5.74) is 9.03. The van der Waals surface area contributed by atoms with Gasteiger partial charge in [-0.25, -0.2) is 9.97 Å². The quantitative estimate of drug-likeness (QED) is 0.453. The van der Waals surface area contributed by atoms with Crippen molar-refractivity contribution in [1.29, 1.82) is 0 Å². The third-order valence-corrected chi connectivity index (χ3v) is 4.29. The van der Waals surface area contributed by atoms with Crippen LogP contribution in [0.15, 0.2) is 29.4 Å². The molecule has 0 spiro atoms. The highest BCUT2D eigenvalue weighted by molar-refractivity contribution is 7.99. The number of anilines is 1. The van der Waals surface area contributed by atoms with E-state index in [1.165, 1.54) is 0 Å². The van der Waals surface area contributed by atoms with Crippen molar-refractivity contribution >= 4 is 29.2 Å². The van der Waals surface area contributed by atoms with Gasteiger partial charge in [-0.3, -0.25) is 0 Å². The summed E-state index contributed by atoms with van der Waals surface area (Å²) in [5.74, 6) is 1.31. The summed E-state index contributed by atoms with van der Waals surface area (Å²) in [6, 6.07) is 7.59. The van der Waals surface area contributed by atoms with Gasteiger partial charge in [-0.05, 0) is 38.0 Å². The molecule has 2 N–H and O–H groups in total. The van der Waals surface area contributed by atoms with Gasteiger partial charge in [-0.15, -0.1) is 0 Å². The Morgan fingerprint density at radius 3 is 2.52 bits per heavy atom. The molecule has 6 heteroatoms. The maximum Gasteiger partial charge on any atom is 0.189 e. The Hall–Kier alpha value is -1.30. The maximum absolute atomic E-state index is 6.19. The molecule has 0 amide bonds. The molecule has 2 rings (SSSR count). The summed E-state index contributed by atoms with van der Waals surface area (Å²) >= 11 is 7.52. The average molecular weight is 352 g/mol. The van der Waals surface area contributed by atoms with Crippen LogP contribution < -0.4 is 5.73 Å². The number of halogens is 1. The predicted octanol–water partition coefficient (Wildman–Crippen LogP) is 4.46. The average Bonchev–Trinajstić information content (AvgIpc) is 2.52. The van der Waals surface area contributed by atoms with Gasteiger partial charge in [-0.1, -0.05) is 42.4 Å². The number of ether oxygens (including phenoxy) is 1. The molecule has 0 aliphatic heterocycles. The number of nitrogens with zero attached hydrogens (tertiary/aromatic N) is 2. The molecular weight excluding hydrogens is 330 g/mol. The highest BCUT2D eigenvalue weighted by Gasteiger charge is 2.13. The van der Waals surface area contributed by atoms with E-state index in [2.05, 4.69) is 16.9 Å². The van der Waals surface area contributed by atoms with Crippen molar-refractivity contribution in [3.8, 4) is 11.1 Å². The summed E-state index contributed by atoms with van der Waals surface area (Å²) < 4.78 is 5.53. The SMILES string of the molecule is CCc1nc(SCCOC(C)C)nc(N)c1-c1ccc(Cl)cc1. The van der Waals surface area contributed by atoms with E-state index in [1.54, 1.807) is 11.8 Å². The smallest absolute Gasteiger partial charge is 0.189 e. The second-order valence-electron chi connectivity index (χ2n) is 5.34. The van der Waals surface area contributed by atoms with E-state index in [0.717, 1.165) is 29.0 Å². The number of hydrogen-bond donors (Lipinski definition) is 1. The van der Waals surface area contributed by atoms with Crippen molar-refractivity contribution in [2.24, 2.45) is 0 Å². The third-order valence-electron chi connectivity index (χ3n) is 3.22. The number of aromatic nitrogens is 2. The van der Waals surface area contributed by atoms with E-state index < -0.39 is 0 Å². The zero-order chi connectivity index (χ0) is 16.8. The second kappa shape index (κ2) is 8.52. The molecule has 0 aliphatic rings. The molecule has 0 saturated heterocycles. The lowest BCUT2D eigenvalue weighted by Crippen LogP contribution is -2.07. The van der Waals surface area contributed by atoms with E-state index in [-0.39, 0.29) is 6.10 Å². The van der Waals surface area contributed by atoms with Crippen LogP contribution >= 0.6 is 23.4 Å². The molecule has 23 heavy (non-hydrogen) atoms. The van der Waals surface area contributed by atoms with Crippen molar-refractivity contribution < 1.29 is 4.74 Å². The molecule has 124 valence electrons. The Labute approximate surface area is 146 Å². The number of rotatable bonds is 7. The molecule has 4 nitrogen and oxygen atoms in total. The van der Waals surface area contributed by atoms with Crippen LogP contribution in [-0.2, 0) is 11.2 Å². The number of nitrogen functional groups attached to an aromatic ring is 1. The van der Waals surface area contributed by atoms with E-state index in [4.69, 9.17) is 22.1 Å². The lowest BCUT2D eigenvalue weighted by atomic mass is 10.0. The van der Waals surface area contributed by atoms with Crippen LogP contribution in [0, 0.1) is 0 Å². The summed E-state index contributed by atoms with van der Waals surface area (Å²) in [6.07, 6.45) is 1.03. The first-order valence-electron chi connectivity index (χ1n) is 7.68. The molecule has 0 bridgehead atoms. The number of thioether (sulfide) groups is 1. The first kappa shape index (κ1) is 18.0. The Kier molecular flexibility index (Phi) is 6.69. The molecule has 0 fully saturated rings. The molecule has 0 atom stereocenters. The zero-order valence-electron chi connectivity index (χ0n) is 13.7. The summed E-state index contributed by atoms with van der Waals surface area (Å²) in [4.78, 5) is 9.09. The molecule has 0 saturated carbocycles. The van der Waals surface area contributed by atoms with Crippen molar-refractivity contribution in [3.63, 3.8) is 0 Å². The van der Waals surface area contributed by atoms with Crippen LogP contribution in [0.4, 0.5) is 5.82 Å². The molecule has 1 heterocycles. The van der Waals surface area contributed by atoms with Gasteiger partial charge in [0.25, 0.3) is 0 Å². The molecule has 2 aromatic rings. The lowest BCUT2D eigenvalue weighted by Gasteiger charge is -2.12. The van der Waals surface area contributed by atoms with E-state index in [0.29, 0.717) is 22.6 Å². The van der Waals surface area contributed by atoms with Gasteiger partial charge in [0.15, 0.2) is 5.16 Å². The first-order valence-corrected chi connectivity index (χ1v) is 9.04. The minimum atomic E-state index is 0.236. The minimum Gasteiger partial charge on any atom is -0.383 e. The highest BCUT2D eigenvalue weighted by atomic mass is 35.5. The van der Waals surface area contributed by atoms with E-state index >= 15 is 0 Å². The topological polar surface area (TPSA) is 61.0 Å². The van der Waals surface area contributed by atoms with Crippen molar-refractivity contribution in [1.82, 2.24) is 9.97 Å². The third kappa shape index (κ3) is 5.09. The molecule has 0 aliphatic carbocycles. The van der Waals surface area contributed by atoms with Gasteiger partial charge in [0, 0.05) is 16.3 Å². The predicted molar refractivity (Wildman–Crippen MR) is 98.1 cm³/mol. The van der Waals surface area contributed by atoms with E-state index in [9.17, 15) is 0 Å². The fraction of sp³-hybridized carbons (Fsp3) is 0.412. The van der Waals surface area contributed by atoms with Crippen LogP contribution in [0.25, 0.3) is 11.1 Å². The van der Waals surface area contributed by atoms with Gasteiger partial charge in [0.2, 0.25) is 0 Å². The summed E-state index contributed by atoms with van der Waals surface area (Å²) in [5, 5.41) is 1.40. The fourth-order valence-corrected chi connectivity index (χ4v) is 3.00. The van der Waals surface area contributed by atoms with Gasteiger partial charge in [0.05, 0.1) is 18.4 Å². The van der Waals surface area contributed by atoms with Crippen LogP contribution in [-0.4, -0.2) is 28.4 Å². The van der Waals surface area contributed by atoms with Crippen molar-refractivity contribution in [2.45, 2.75) is 38.5 Å². The molecule has 0 unspecified atom stereocenters. The number of aryl methyl sites for hydroxylation is 1. The normalized spacial score (nSPS) is 11.2. The van der Waals surface area contributed by atoms with Crippen LogP contribution in [0.1, 0.15) is 26.5 Å². The van der Waals surface area contributed by atoms with E-state index in [1.807, 2.05) is 38.1 Å². The summed E-state index contributed by atoms with van der Waals surface area (Å²) in [7, 11) is 0. The summed E-state index contributed by atoms with van der Waals surface area (Å²) in [6.45, 7) is 6.79. The number of hydrogen-bond acceptors (Lipinski definition) is 5. The van der Waals surface area contributed by atoms with Gasteiger partial charge in [0.1, 0.15) is 5.82 Å². The highest BCUT2D eigenvalue weighted by Crippen LogP contribution is 2.30. The molecule has 0 radical (unpaired) electrons. The van der Waals surface area contributed by atoms with Gasteiger partial charge >= 0.3 is 0 Å². The van der Waals surface area contributed by atoms with Crippen LogP contribution in [0.5, 0.6) is 0 Å². The Morgan fingerprint density at radius 1 is 1.22 bits per heavy atom.